The van der Waals surface area contributed by atoms with Crippen LogP contribution in [-0.2, 0) is 0 Å². The van der Waals surface area contributed by atoms with E-state index in [2.05, 4.69) is 33.0 Å². The van der Waals surface area contributed by atoms with Gasteiger partial charge in [0.25, 0.3) is 0 Å². The van der Waals surface area contributed by atoms with Gasteiger partial charge in [-0.3, -0.25) is 0 Å². The molecule has 1 aliphatic rings. The predicted molar refractivity (Wildman–Crippen MR) is 82.0 cm³/mol. The van der Waals surface area contributed by atoms with Crippen molar-refractivity contribution in [1.82, 2.24) is 5.32 Å². The van der Waals surface area contributed by atoms with Gasteiger partial charge in [0.1, 0.15) is 0 Å². The Kier molecular flexibility index (Phi) is 7.29. The monoisotopic (exact) mass is 253 g/mol. The van der Waals surface area contributed by atoms with Crippen molar-refractivity contribution in [2.24, 2.45) is 11.8 Å². The van der Waals surface area contributed by atoms with Crippen molar-refractivity contribution in [2.75, 3.05) is 6.54 Å². The third kappa shape index (κ3) is 5.73. The highest BCUT2D eigenvalue weighted by Gasteiger charge is 2.34. The van der Waals surface area contributed by atoms with Crippen molar-refractivity contribution in [3.63, 3.8) is 0 Å². The number of hydrogen-bond acceptors (Lipinski definition) is 1. The Bertz CT molecular complexity index is 210. The van der Waals surface area contributed by atoms with Crippen LogP contribution < -0.4 is 5.32 Å². The van der Waals surface area contributed by atoms with Gasteiger partial charge in [-0.1, -0.05) is 65.2 Å². The molecule has 0 aromatic heterocycles. The molecule has 0 aromatic carbocycles. The quantitative estimate of drug-likeness (QED) is 0.560. The highest BCUT2D eigenvalue weighted by molar-refractivity contribution is 4.91. The van der Waals surface area contributed by atoms with E-state index < -0.39 is 0 Å². The van der Waals surface area contributed by atoms with Gasteiger partial charge in [-0.15, -0.1) is 0 Å². The first-order valence-electron chi connectivity index (χ1n) is 8.34. The second kappa shape index (κ2) is 8.19. The number of nitrogens with one attached hydrogen (secondary N) is 1. The zero-order valence-corrected chi connectivity index (χ0v) is 13.2. The fraction of sp³-hybridized carbons (Fsp3) is 1.00. The Morgan fingerprint density at radius 2 is 1.67 bits per heavy atom. The van der Waals surface area contributed by atoms with Gasteiger partial charge in [-0.05, 0) is 38.6 Å². The van der Waals surface area contributed by atoms with Crippen LogP contribution in [0.2, 0.25) is 0 Å². The lowest BCUT2D eigenvalue weighted by Crippen LogP contribution is -2.31. The molecule has 0 spiro atoms. The lowest BCUT2D eigenvalue weighted by atomic mass is 9.80. The average Bonchev–Trinajstić information content (AvgIpc) is 2.69. The van der Waals surface area contributed by atoms with Crippen LogP contribution in [0.25, 0.3) is 0 Å². The number of rotatable bonds is 9. The normalized spacial score (nSPS) is 24.3. The summed E-state index contributed by atoms with van der Waals surface area (Å²) in [6.07, 6.45) is 12.8. The van der Waals surface area contributed by atoms with E-state index in [-0.39, 0.29) is 0 Å². The zero-order valence-electron chi connectivity index (χ0n) is 13.2. The third-order valence-corrected chi connectivity index (χ3v) is 4.64. The van der Waals surface area contributed by atoms with Gasteiger partial charge in [0.15, 0.2) is 0 Å². The molecule has 1 heterocycles. The van der Waals surface area contributed by atoms with Crippen molar-refractivity contribution < 1.29 is 0 Å². The van der Waals surface area contributed by atoms with E-state index in [9.17, 15) is 0 Å². The van der Waals surface area contributed by atoms with E-state index in [4.69, 9.17) is 0 Å². The Morgan fingerprint density at radius 3 is 2.22 bits per heavy atom. The Balaban J connectivity index is 2.35. The van der Waals surface area contributed by atoms with Crippen LogP contribution in [0.4, 0.5) is 0 Å². The fourth-order valence-electron chi connectivity index (χ4n) is 3.46. The minimum Gasteiger partial charge on any atom is -0.311 e. The van der Waals surface area contributed by atoms with Gasteiger partial charge in [0, 0.05) is 5.54 Å². The van der Waals surface area contributed by atoms with Gasteiger partial charge >= 0.3 is 0 Å². The molecule has 0 saturated carbocycles. The summed E-state index contributed by atoms with van der Waals surface area (Å²) in [5.41, 5.74) is 0.387. The molecule has 1 saturated heterocycles. The second-order valence-corrected chi connectivity index (χ2v) is 6.98. The molecule has 1 aliphatic heterocycles. The molecule has 1 nitrogen and oxygen atoms in total. The molecular formula is C17H35N. The SMILES string of the molecule is CCCCCCC(CCCC)C1CNC(C)(C)C1. The molecule has 0 radical (unpaired) electrons. The molecule has 0 aromatic rings. The summed E-state index contributed by atoms with van der Waals surface area (Å²) in [6.45, 7) is 10.6. The molecule has 18 heavy (non-hydrogen) atoms. The van der Waals surface area contributed by atoms with E-state index in [1.54, 1.807) is 0 Å². The Hall–Kier alpha value is -0.0400. The van der Waals surface area contributed by atoms with Crippen LogP contribution in [0, 0.1) is 11.8 Å². The van der Waals surface area contributed by atoms with Crippen molar-refractivity contribution >= 4 is 0 Å². The lowest BCUT2D eigenvalue weighted by Gasteiger charge is -2.24. The molecule has 2 atom stereocenters. The van der Waals surface area contributed by atoms with Crippen LogP contribution in [0.15, 0.2) is 0 Å². The van der Waals surface area contributed by atoms with Crippen molar-refractivity contribution in [3.8, 4) is 0 Å². The summed E-state index contributed by atoms with van der Waals surface area (Å²) < 4.78 is 0. The molecule has 0 bridgehead atoms. The van der Waals surface area contributed by atoms with Crippen molar-refractivity contribution in [3.05, 3.63) is 0 Å². The maximum atomic E-state index is 3.70. The molecule has 1 heteroatoms. The van der Waals surface area contributed by atoms with Crippen LogP contribution >= 0.6 is 0 Å². The topological polar surface area (TPSA) is 12.0 Å². The minimum absolute atomic E-state index is 0.387. The fourth-order valence-corrected chi connectivity index (χ4v) is 3.46. The molecule has 2 unspecified atom stereocenters. The van der Waals surface area contributed by atoms with Gasteiger partial charge < -0.3 is 5.32 Å². The zero-order chi connectivity index (χ0) is 13.4. The molecule has 108 valence electrons. The third-order valence-electron chi connectivity index (χ3n) is 4.64. The molecule has 0 aliphatic carbocycles. The predicted octanol–water partition coefficient (Wildman–Crippen LogP) is 5.15. The lowest BCUT2D eigenvalue weighted by molar-refractivity contribution is 0.285. The van der Waals surface area contributed by atoms with E-state index in [1.807, 2.05) is 0 Å². The van der Waals surface area contributed by atoms with Crippen LogP contribution in [0.3, 0.4) is 0 Å². The molecule has 0 amide bonds. The average molecular weight is 253 g/mol. The second-order valence-electron chi connectivity index (χ2n) is 6.98. The van der Waals surface area contributed by atoms with E-state index in [0.717, 1.165) is 11.8 Å². The van der Waals surface area contributed by atoms with Gasteiger partial charge in [0.05, 0.1) is 0 Å². The first kappa shape index (κ1) is 16.0. The summed E-state index contributed by atoms with van der Waals surface area (Å²) >= 11 is 0. The van der Waals surface area contributed by atoms with Crippen LogP contribution in [0.1, 0.15) is 85.5 Å². The standard InChI is InChI=1S/C17H35N/c1-5-7-9-10-12-15(11-8-6-2)16-13-17(3,4)18-14-16/h15-16,18H,5-14H2,1-4H3. The Labute approximate surface area is 115 Å². The van der Waals surface area contributed by atoms with E-state index in [1.165, 1.54) is 64.3 Å². The maximum Gasteiger partial charge on any atom is 0.0128 e. The maximum absolute atomic E-state index is 3.70. The summed E-state index contributed by atoms with van der Waals surface area (Å²) in [5, 5.41) is 3.70. The summed E-state index contributed by atoms with van der Waals surface area (Å²) in [5.74, 6) is 1.92. The molecule has 1 fully saturated rings. The smallest absolute Gasteiger partial charge is 0.0128 e. The van der Waals surface area contributed by atoms with Gasteiger partial charge in [-0.25, -0.2) is 0 Å². The Morgan fingerprint density at radius 1 is 1.00 bits per heavy atom. The van der Waals surface area contributed by atoms with Crippen LogP contribution in [0.5, 0.6) is 0 Å². The molecular weight excluding hydrogens is 218 g/mol. The minimum atomic E-state index is 0.387. The summed E-state index contributed by atoms with van der Waals surface area (Å²) in [6, 6.07) is 0. The first-order valence-corrected chi connectivity index (χ1v) is 8.34. The highest BCUT2D eigenvalue weighted by atomic mass is 15.0. The summed E-state index contributed by atoms with van der Waals surface area (Å²) in [7, 11) is 0. The van der Waals surface area contributed by atoms with Crippen molar-refractivity contribution in [2.45, 2.75) is 91.0 Å². The first-order chi connectivity index (χ1) is 8.59. The number of hydrogen-bond donors (Lipinski definition) is 1. The summed E-state index contributed by atoms with van der Waals surface area (Å²) in [4.78, 5) is 0. The molecule has 1 rings (SSSR count). The van der Waals surface area contributed by atoms with Gasteiger partial charge in [0.2, 0.25) is 0 Å². The largest absolute Gasteiger partial charge is 0.311 e. The van der Waals surface area contributed by atoms with E-state index >= 15 is 0 Å². The van der Waals surface area contributed by atoms with Crippen molar-refractivity contribution in [1.29, 1.82) is 0 Å². The highest BCUT2D eigenvalue weighted by Crippen LogP contribution is 2.34. The van der Waals surface area contributed by atoms with E-state index in [0.29, 0.717) is 5.54 Å². The number of unbranched alkanes of at least 4 members (excludes halogenated alkanes) is 4. The molecule has 1 N–H and O–H groups in total. The van der Waals surface area contributed by atoms with Gasteiger partial charge in [-0.2, -0.15) is 0 Å². The van der Waals surface area contributed by atoms with Crippen LogP contribution in [-0.4, -0.2) is 12.1 Å².